The predicted molar refractivity (Wildman–Crippen MR) is 78.1 cm³/mol. The van der Waals surface area contributed by atoms with Gasteiger partial charge in [-0.15, -0.1) is 0 Å². The second-order valence-corrected chi connectivity index (χ2v) is 5.73. The number of carbonyl (C=O) groups excluding carboxylic acids is 1. The number of ether oxygens (including phenoxy) is 1. The van der Waals surface area contributed by atoms with E-state index in [1.807, 2.05) is 9.80 Å². The lowest BCUT2D eigenvalue weighted by Gasteiger charge is -2.36. The smallest absolute Gasteiger partial charge is 0.320 e. The molecule has 1 fully saturated rings. The Morgan fingerprint density at radius 3 is 2.57 bits per heavy atom. The lowest BCUT2D eigenvalue weighted by molar-refractivity contribution is -0.138. The standard InChI is InChI=1S/C15H24N2O4/c1-12-2-7-16(8-3-12)15(20)17-9-4-13(5-10-17)21-11-6-14(18)19/h2,13H,3-11H2,1H3,(H,18,19). The van der Waals surface area contributed by atoms with E-state index in [1.165, 1.54) is 5.57 Å². The minimum Gasteiger partial charge on any atom is -0.481 e. The predicted octanol–water partition coefficient (Wildman–Crippen LogP) is 1.71. The molecule has 0 aromatic rings. The molecule has 0 unspecified atom stereocenters. The van der Waals surface area contributed by atoms with Gasteiger partial charge in [-0.1, -0.05) is 11.6 Å². The summed E-state index contributed by atoms with van der Waals surface area (Å²) in [7, 11) is 0. The molecule has 21 heavy (non-hydrogen) atoms. The van der Waals surface area contributed by atoms with Gasteiger partial charge in [0.05, 0.1) is 19.1 Å². The average molecular weight is 296 g/mol. The van der Waals surface area contributed by atoms with E-state index in [-0.39, 0.29) is 25.2 Å². The first-order valence-electron chi connectivity index (χ1n) is 7.59. The number of nitrogens with zero attached hydrogens (tertiary/aromatic N) is 2. The number of amides is 2. The summed E-state index contributed by atoms with van der Waals surface area (Å²) in [5.41, 5.74) is 1.35. The number of aliphatic carboxylic acids is 1. The van der Waals surface area contributed by atoms with Crippen molar-refractivity contribution >= 4 is 12.0 Å². The Bertz CT molecular complexity index is 414. The highest BCUT2D eigenvalue weighted by Crippen LogP contribution is 2.17. The van der Waals surface area contributed by atoms with Gasteiger partial charge in [0.2, 0.25) is 0 Å². The molecule has 0 bridgehead atoms. The second kappa shape index (κ2) is 7.45. The van der Waals surface area contributed by atoms with Gasteiger partial charge in [0.1, 0.15) is 0 Å². The van der Waals surface area contributed by atoms with Gasteiger partial charge < -0.3 is 19.6 Å². The molecule has 0 saturated carbocycles. The monoisotopic (exact) mass is 296 g/mol. The van der Waals surface area contributed by atoms with E-state index in [0.29, 0.717) is 19.6 Å². The van der Waals surface area contributed by atoms with Crippen molar-refractivity contribution in [2.45, 2.75) is 38.7 Å². The first kappa shape index (κ1) is 15.8. The fourth-order valence-corrected chi connectivity index (χ4v) is 2.67. The summed E-state index contributed by atoms with van der Waals surface area (Å²) in [5, 5.41) is 8.58. The largest absolute Gasteiger partial charge is 0.481 e. The van der Waals surface area contributed by atoms with E-state index in [0.717, 1.165) is 25.8 Å². The van der Waals surface area contributed by atoms with Gasteiger partial charge in [0, 0.05) is 26.2 Å². The molecule has 1 saturated heterocycles. The van der Waals surface area contributed by atoms with Crippen LogP contribution in [-0.4, -0.2) is 65.8 Å². The van der Waals surface area contributed by atoms with Crippen molar-refractivity contribution in [1.29, 1.82) is 0 Å². The molecule has 0 atom stereocenters. The third kappa shape index (κ3) is 4.74. The van der Waals surface area contributed by atoms with Gasteiger partial charge in [-0.05, 0) is 26.2 Å². The van der Waals surface area contributed by atoms with Crippen molar-refractivity contribution < 1.29 is 19.4 Å². The number of carboxylic acid groups (broad SMARTS) is 1. The third-order valence-electron chi connectivity index (χ3n) is 4.09. The summed E-state index contributed by atoms with van der Waals surface area (Å²) in [6.45, 7) is 5.24. The number of likely N-dealkylation sites (tertiary alicyclic amines) is 1. The van der Waals surface area contributed by atoms with E-state index < -0.39 is 5.97 Å². The molecule has 0 aromatic carbocycles. The molecule has 2 heterocycles. The maximum atomic E-state index is 12.4. The minimum absolute atomic E-state index is 0.0403. The van der Waals surface area contributed by atoms with E-state index >= 15 is 0 Å². The molecule has 1 N–H and O–H groups in total. The number of carbonyl (C=O) groups is 2. The first-order chi connectivity index (χ1) is 10.1. The number of hydrogen-bond acceptors (Lipinski definition) is 3. The molecule has 0 aromatic heterocycles. The summed E-state index contributed by atoms with van der Waals surface area (Å²) in [5.74, 6) is -0.837. The minimum atomic E-state index is -0.837. The molecule has 0 aliphatic carbocycles. The topological polar surface area (TPSA) is 70.1 Å². The molecule has 2 aliphatic rings. The van der Waals surface area contributed by atoms with Crippen LogP contribution in [0, 0.1) is 0 Å². The molecule has 2 rings (SSSR count). The summed E-state index contributed by atoms with van der Waals surface area (Å²) in [6.07, 6.45) is 4.77. The quantitative estimate of drug-likeness (QED) is 0.802. The van der Waals surface area contributed by atoms with Crippen LogP contribution >= 0.6 is 0 Å². The van der Waals surface area contributed by atoms with Crippen molar-refractivity contribution in [2.24, 2.45) is 0 Å². The molecule has 0 spiro atoms. The number of rotatable bonds is 4. The average Bonchev–Trinajstić information content (AvgIpc) is 2.48. The SMILES string of the molecule is CC1=CCN(C(=O)N2CCC(OCCC(=O)O)CC2)CC1. The van der Waals surface area contributed by atoms with Gasteiger partial charge in [-0.2, -0.15) is 0 Å². The van der Waals surface area contributed by atoms with Crippen LogP contribution in [-0.2, 0) is 9.53 Å². The van der Waals surface area contributed by atoms with Crippen molar-refractivity contribution in [3.63, 3.8) is 0 Å². The van der Waals surface area contributed by atoms with Crippen LogP contribution < -0.4 is 0 Å². The van der Waals surface area contributed by atoms with Crippen LogP contribution in [0.25, 0.3) is 0 Å². The summed E-state index contributed by atoms with van der Waals surface area (Å²) >= 11 is 0. The molecule has 6 nitrogen and oxygen atoms in total. The Hall–Kier alpha value is -1.56. The number of hydrogen-bond donors (Lipinski definition) is 1. The molecular weight excluding hydrogens is 272 g/mol. The van der Waals surface area contributed by atoms with Crippen LogP contribution in [0.1, 0.15) is 32.6 Å². The second-order valence-electron chi connectivity index (χ2n) is 5.73. The lowest BCUT2D eigenvalue weighted by atomic mass is 10.1. The molecule has 118 valence electrons. The maximum Gasteiger partial charge on any atom is 0.320 e. The zero-order chi connectivity index (χ0) is 15.2. The van der Waals surface area contributed by atoms with E-state index in [4.69, 9.17) is 9.84 Å². The molecule has 2 aliphatic heterocycles. The number of urea groups is 1. The van der Waals surface area contributed by atoms with E-state index in [1.54, 1.807) is 0 Å². The fourth-order valence-electron chi connectivity index (χ4n) is 2.67. The van der Waals surface area contributed by atoms with Gasteiger partial charge in [0.15, 0.2) is 0 Å². The van der Waals surface area contributed by atoms with Crippen LogP contribution in [0.2, 0.25) is 0 Å². The van der Waals surface area contributed by atoms with Crippen molar-refractivity contribution in [2.75, 3.05) is 32.8 Å². The highest BCUT2D eigenvalue weighted by molar-refractivity contribution is 5.75. The number of piperidine rings is 1. The van der Waals surface area contributed by atoms with Crippen LogP contribution in [0.4, 0.5) is 4.79 Å². The van der Waals surface area contributed by atoms with Crippen molar-refractivity contribution in [3.05, 3.63) is 11.6 Å². The summed E-state index contributed by atoms with van der Waals surface area (Å²) in [4.78, 5) is 26.6. The Balaban J connectivity index is 1.71. The highest BCUT2D eigenvalue weighted by atomic mass is 16.5. The van der Waals surface area contributed by atoms with Crippen molar-refractivity contribution in [1.82, 2.24) is 9.80 Å². The molecular formula is C15H24N2O4. The Kier molecular flexibility index (Phi) is 5.61. The van der Waals surface area contributed by atoms with Crippen LogP contribution in [0.15, 0.2) is 11.6 Å². The summed E-state index contributed by atoms with van der Waals surface area (Å²) in [6, 6.07) is 0.114. The Morgan fingerprint density at radius 2 is 2.00 bits per heavy atom. The lowest BCUT2D eigenvalue weighted by Crippen LogP contribution is -2.49. The van der Waals surface area contributed by atoms with Crippen LogP contribution in [0.5, 0.6) is 0 Å². The summed E-state index contributed by atoms with van der Waals surface area (Å²) < 4.78 is 5.54. The Labute approximate surface area is 125 Å². The Morgan fingerprint density at radius 1 is 1.29 bits per heavy atom. The van der Waals surface area contributed by atoms with Gasteiger partial charge in [0.25, 0.3) is 0 Å². The molecule has 0 radical (unpaired) electrons. The molecule has 2 amide bonds. The third-order valence-corrected chi connectivity index (χ3v) is 4.09. The molecule has 6 heteroatoms. The van der Waals surface area contributed by atoms with Gasteiger partial charge in [-0.25, -0.2) is 4.79 Å². The maximum absolute atomic E-state index is 12.4. The van der Waals surface area contributed by atoms with Crippen LogP contribution in [0.3, 0.4) is 0 Å². The fraction of sp³-hybridized carbons (Fsp3) is 0.733. The first-order valence-corrected chi connectivity index (χ1v) is 7.59. The zero-order valence-corrected chi connectivity index (χ0v) is 12.6. The van der Waals surface area contributed by atoms with E-state index in [9.17, 15) is 9.59 Å². The van der Waals surface area contributed by atoms with Gasteiger partial charge >= 0.3 is 12.0 Å². The number of carboxylic acids is 1. The zero-order valence-electron chi connectivity index (χ0n) is 12.6. The van der Waals surface area contributed by atoms with Crippen molar-refractivity contribution in [3.8, 4) is 0 Å². The normalized spacial score (nSPS) is 20.3. The van der Waals surface area contributed by atoms with Gasteiger partial charge in [-0.3, -0.25) is 4.79 Å². The highest BCUT2D eigenvalue weighted by Gasteiger charge is 2.27. The van der Waals surface area contributed by atoms with E-state index in [2.05, 4.69) is 13.0 Å².